The van der Waals surface area contributed by atoms with E-state index in [9.17, 15) is 0 Å². The van der Waals surface area contributed by atoms with Crippen LogP contribution < -0.4 is 5.32 Å². The first-order valence-corrected chi connectivity index (χ1v) is 9.18. The predicted octanol–water partition coefficient (Wildman–Crippen LogP) is 3.81. The first-order valence-electron chi connectivity index (χ1n) is 9.18. The van der Waals surface area contributed by atoms with Crippen LogP contribution in [0.2, 0.25) is 0 Å². The number of rotatable bonds is 3. The lowest BCUT2D eigenvalue weighted by Gasteiger charge is -2.53. The highest BCUT2D eigenvalue weighted by atomic mass is 15.3. The van der Waals surface area contributed by atoms with Crippen molar-refractivity contribution in [3.63, 3.8) is 0 Å². The zero-order valence-electron chi connectivity index (χ0n) is 13.7. The van der Waals surface area contributed by atoms with Crippen LogP contribution in [0.15, 0.2) is 0 Å². The molecule has 1 unspecified atom stereocenters. The van der Waals surface area contributed by atoms with E-state index < -0.39 is 0 Å². The Balaban J connectivity index is 1.70. The van der Waals surface area contributed by atoms with Crippen molar-refractivity contribution < 1.29 is 0 Å². The summed E-state index contributed by atoms with van der Waals surface area (Å²) in [5.41, 5.74) is 0.520. The smallest absolute Gasteiger partial charge is 0.0334 e. The summed E-state index contributed by atoms with van der Waals surface area (Å²) in [6.45, 7) is 8.70. The van der Waals surface area contributed by atoms with Gasteiger partial charge in [-0.15, -0.1) is 0 Å². The summed E-state index contributed by atoms with van der Waals surface area (Å²) in [4.78, 5) is 2.95. The molecular formula is C18H34N2. The summed E-state index contributed by atoms with van der Waals surface area (Å²) in [7, 11) is 0. The van der Waals surface area contributed by atoms with Crippen LogP contribution in [-0.2, 0) is 0 Å². The fraction of sp³-hybridized carbons (Fsp3) is 1.00. The van der Waals surface area contributed by atoms with Crippen molar-refractivity contribution in [3.8, 4) is 0 Å². The minimum atomic E-state index is 0.520. The van der Waals surface area contributed by atoms with Crippen molar-refractivity contribution in [3.05, 3.63) is 0 Å². The van der Waals surface area contributed by atoms with Crippen molar-refractivity contribution in [2.45, 2.75) is 83.2 Å². The molecule has 2 saturated carbocycles. The number of nitrogens with one attached hydrogen (secondary N) is 1. The lowest BCUT2D eigenvalue weighted by atomic mass is 9.77. The third kappa shape index (κ3) is 3.06. The molecule has 116 valence electrons. The van der Waals surface area contributed by atoms with Crippen molar-refractivity contribution in [2.24, 2.45) is 11.8 Å². The van der Waals surface area contributed by atoms with Crippen LogP contribution in [0.5, 0.6) is 0 Å². The van der Waals surface area contributed by atoms with Crippen LogP contribution in [0.3, 0.4) is 0 Å². The van der Waals surface area contributed by atoms with Crippen LogP contribution in [0.4, 0.5) is 0 Å². The maximum Gasteiger partial charge on any atom is 0.0334 e. The maximum atomic E-state index is 3.89. The Labute approximate surface area is 125 Å². The van der Waals surface area contributed by atoms with Gasteiger partial charge in [0.15, 0.2) is 0 Å². The zero-order valence-corrected chi connectivity index (χ0v) is 13.7. The SMILES string of the molecule is CC(C)C1CN(CC2CCCC2)C2(CCCCC2)CN1. The third-order valence-electron chi connectivity index (χ3n) is 6.32. The van der Waals surface area contributed by atoms with Crippen molar-refractivity contribution in [1.82, 2.24) is 10.2 Å². The van der Waals surface area contributed by atoms with E-state index >= 15 is 0 Å². The monoisotopic (exact) mass is 278 g/mol. The summed E-state index contributed by atoms with van der Waals surface area (Å²) in [5.74, 6) is 1.77. The lowest BCUT2D eigenvalue weighted by molar-refractivity contribution is -0.00788. The van der Waals surface area contributed by atoms with E-state index in [-0.39, 0.29) is 0 Å². The minimum absolute atomic E-state index is 0.520. The third-order valence-corrected chi connectivity index (χ3v) is 6.32. The number of hydrogen-bond acceptors (Lipinski definition) is 2. The molecule has 1 aliphatic heterocycles. The van der Waals surface area contributed by atoms with E-state index in [1.54, 1.807) is 0 Å². The highest BCUT2D eigenvalue weighted by molar-refractivity contribution is 5.01. The van der Waals surface area contributed by atoms with E-state index in [0.29, 0.717) is 11.6 Å². The molecule has 1 saturated heterocycles. The second-order valence-corrected chi connectivity index (χ2v) is 8.07. The van der Waals surface area contributed by atoms with Gasteiger partial charge >= 0.3 is 0 Å². The van der Waals surface area contributed by atoms with Crippen molar-refractivity contribution >= 4 is 0 Å². The van der Waals surface area contributed by atoms with Gasteiger partial charge in [-0.2, -0.15) is 0 Å². The normalized spacial score (nSPS) is 32.2. The first kappa shape index (κ1) is 14.8. The van der Waals surface area contributed by atoms with Crippen LogP contribution in [-0.4, -0.2) is 36.1 Å². The average Bonchev–Trinajstić information content (AvgIpc) is 2.95. The summed E-state index contributed by atoms with van der Waals surface area (Å²) in [6, 6.07) is 0.712. The molecule has 0 bridgehead atoms. The Bertz CT molecular complexity index is 299. The van der Waals surface area contributed by atoms with Gasteiger partial charge in [0.2, 0.25) is 0 Å². The van der Waals surface area contributed by atoms with E-state index in [1.807, 2.05) is 0 Å². The Morgan fingerprint density at radius 1 is 1.05 bits per heavy atom. The maximum absolute atomic E-state index is 3.89. The molecule has 3 fully saturated rings. The molecule has 1 N–H and O–H groups in total. The van der Waals surface area contributed by atoms with Crippen LogP contribution in [0.1, 0.15) is 71.6 Å². The second-order valence-electron chi connectivity index (χ2n) is 8.07. The van der Waals surface area contributed by atoms with Crippen molar-refractivity contribution in [1.29, 1.82) is 0 Å². The fourth-order valence-corrected chi connectivity index (χ4v) is 4.85. The van der Waals surface area contributed by atoms with Gasteiger partial charge < -0.3 is 5.32 Å². The molecule has 2 aliphatic carbocycles. The molecule has 0 aromatic heterocycles. The molecule has 1 atom stereocenters. The topological polar surface area (TPSA) is 15.3 Å². The fourth-order valence-electron chi connectivity index (χ4n) is 4.85. The van der Waals surface area contributed by atoms with Gasteiger partial charge in [-0.05, 0) is 37.5 Å². The lowest BCUT2D eigenvalue weighted by Crippen LogP contribution is -2.66. The van der Waals surface area contributed by atoms with Crippen LogP contribution in [0, 0.1) is 11.8 Å². The summed E-state index contributed by atoms with van der Waals surface area (Å²) < 4.78 is 0. The Morgan fingerprint density at radius 3 is 2.40 bits per heavy atom. The Hall–Kier alpha value is -0.0800. The predicted molar refractivity (Wildman–Crippen MR) is 86.0 cm³/mol. The minimum Gasteiger partial charge on any atom is -0.311 e. The highest BCUT2D eigenvalue weighted by Gasteiger charge is 2.43. The van der Waals surface area contributed by atoms with E-state index in [2.05, 4.69) is 24.1 Å². The number of nitrogens with zero attached hydrogens (tertiary/aromatic N) is 1. The molecule has 3 aliphatic rings. The van der Waals surface area contributed by atoms with Gasteiger partial charge in [0, 0.05) is 31.2 Å². The summed E-state index contributed by atoms with van der Waals surface area (Å²) in [6.07, 6.45) is 13.2. The van der Waals surface area contributed by atoms with E-state index in [0.717, 1.165) is 11.8 Å². The molecule has 0 amide bonds. The Kier molecular flexibility index (Phi) is 4.72. The molecule has 3 rings (SSSR count). The molecule has 2 heteroatoms. The van der Waals surface area contributed by atoms with Gasteiger partial charge in [0.1, 0.15) is 0 Å². The molecule has 2 nitrogen and oxygen atoms in total. The van der Waals surface area contributed by atoms with Crippen molar-refractivity contribution in [2.75, 3.05) is 19.6 Å². The second kappa shape index (κ2) is 6.36. The molecule has 0 aromatic carbocycles. The number of piperazine rings is 1. The van der Waals surface area contributed by atoms with Crippen LogP contribution >= 0.6 is 0 Å². The van der Waals surface area contributed by atoms with Crippen LogP contribution in [0.25, 0.3) is 0 Å². The summed E-state index contributed by atoms with van der Waals surface area (Å²) >= 11 is 0. The van der Waals surface area contributed by atoms with Gasteiger partial charge in [-0.3, -0.25) is 4.90 Å². The van der Waals surface area contributed by atoms with Gasteiger partial charge in [-0.25, -0.2) is 0 Å². The highest BCUT2D eigenvalue weighted by Crippen LogP contribution is 2.38. The quantitative estimate of drug-likeness (QED) is 0.844. The molecule has 20 heavy (non-hydrogen) atoms. The standard InChI is InChI=1S/C18H34N2/c1-15(2)17-13-20(12-16-8-4-5-9-16)18(14-19-17)10-6-3-7-11-18/h15-17,19H,3-14H2,1-2H3. The average molecular weight is 278 g/mol. The summed E-state index contributed by atoms with van der Waals surface area (Å²) in [5, 5.41) is 3.89. The van der Waals surface area contributed by atoms with Gasteiger partial charge in [0.05, 0.1) is 0 Å². The van der Waals surface area contributed by atoms with Gasteiger partial charge in [0.25, 0.3) is 0 Å². The molecule has 1 heterocycles. The zero-order chi connectivity index (χ0) is 14.0. The molecule has 1 spiro atoms. The van der Waals surface area contributed by atoms with E-state index in [4.69, 9.17) is 0 Å². The molecule has 0 aromatic rings. The first-order chi connectivity index (χ1) is 9.70. The molecular weight excluding hydrogens is 244 g/mol. The van der Waals surface area contributed by atoms with E-state index in [1.165, 1.54) is 77.4 Å². The Morgan fingerprint density at radius 2 is 1.75 bits per heavy atom. The van der Waals surface area contributed by atoms with Gasteiger partial charge in [-0.1, -0.05) is 46.0 Å². The largest absolute Gasteiger partial charge is 0.311 e. The number of hydrogen-bond donors (Lipinski definition) is 1. The molecule has 0 radical (unpaired) electrons.